The van der Waals surface area contributed by atoms with Crippen molar-refractivity contribution >= 4 is 11.0 Å². The van der Waals surface area contributed by atoms with E-state index in [0.29, 0.717) is 19.8 Å². The number of rotatable bonds is 9. The van der Waals surface area contributed by atoms with Gasteiger partial charge in [0.1, 0.15) is 11.3 Å². The molecule has 0 radical (unpaired) electrons. The fourth-order valence-electron chi connectivity index (χ4n) is 2.20. The number of nitrogens with zero attached hydrogens (tertiary/aromatic N) is 1. The predicted molar refractivity (Wildman–Crippen MR) is 81.9 cm³/mol. The van der Waals surface area contributed by atoms with Gasteiger partial charge in [0.15, 0.2) is 0 Å². The summed E-state index contributed by atoms with van der Waals surface area (Å²) in [4.78, 5) is 2.04. The van der Waals surface area contributed by atoms with Crippen LogP contribution in [0.2, 0.25) is 0 Å². The van der Waals surface area contributed by atoms with Gasteiger partial charge in [0.25, 0.3) is 0 Å². The third-order valence-corrected chi connectivity index (χ3v) is 3.47. The Morgan fingerprint density at radius 2 is 2.10 bits per heavy atom. The van der Waals surface area contributed by atoms with Gasteiger partial charge in [-0.2, -0.15) is 0 Å². The molecular weight excluding hydrogens is 270 g/mol. The number of fused-ring (bicyclic) bond motifs is 1. The zero-order valence-corrected chi connectivity index (χ0v) is 12.7. The first kappa shape index (κ1) is 15.8. The summed E-state index contributed by atoms with van der Waals surface area (Å²) in [5, 5.41) is 9.85. The summed E-state index contributed by atoms with van der Waals surface area (Å²) in [5.41, 5.74) is 1.96. The number of likely N-dealkylation sites (N-methyl/N-ethyl adjacent to an activating group) is 1. The van der Waals surface area contributed by atoms with E-state index in [9.17, 15) is 0 Å². The normalized spacial score (nSPS) is 11.4. The third kappa shape index (κ3) is 4.46. The minimum Gasteiger partial charge on any atom is -0.496 e. The summed E-state index contributed by atoms with van der Waals surface area (Å²) in [7, 11) is 3.64. The van der Waals surface area contributed by atoms with Crippen LogP contribution in [0, 0.1) is 0 Å². The van der Waals surface area contributed by atoms with Crippen molar-refractivity contribution in [1.29, 1.82) is 0 Å². The molecule has 116 valence electrons. The van der Waals surface area contributed by atoms with Gasteiger partial charge in [-0.25, -0.2) is 0 Å². The van der Waals surface area contributed by atoms with Crippen molar-refractivity contribution in [3.63, 3.8) is 0 Å². The zero-order chi connectivity index (χ0) is 15.1. The summed E-state index contributed by atoms with van der Waals surface area (Å²) in [6.07, 6.45) is 2.46. The topological polar surface area (TPSA) is 55.1 Å². The smallest absolute Gasteiger partial charge is 0.134 e. The standard InChI is InChI=1S/C16H23NO4/c1-17(5-7-18)6-10-20-8-3-13-12-16-14(4-9-21-16)11-15(13)19-2/h4,9,11-12,18H,3,5-8,10H2,1-2H3. The van der Waals surface area contributed by atoms with Crippen LogP contribution in [0.5, 0.6) is 5.75 Å². The Morgan fingerprint density at radius 1 is 1.24 bits per heavy atom. The van der Waals surface area contributed by atoms with Gasteiger partial charge in [-0.3, -0.25) is 0 Å². The van der Waals surface area contributed by atoms with Crippen LogP contribution in [-0.2, 0) is 11.2 Å². The van der Waals surface area contributed by atoms with E-state index in [-0.39, 0.29) is 6.61 Å². The van der Waals surface area contributed by atoms with Gasteiger partial charge < -0.3 is 23.9 Å². The Kier molecular flexibility index (Phi) is 6.04. The second-order valence-corrected chi connectivity index (χ2v) is 5.01. The summed E-state index contributed by atoms with van der Waals surface area (Å²) >= 11 is 0. The molecule has 0 fully saturated rings. The van der Waals surface area contributed by atoms with E-state index in [2.05, 4.69) is 0 Å². The Balaban J connectivity index is 1.82. The van der Waals surface area contributed by atoms with E-state index in [1.165, 1.54) is 0 Å². The minimum absolute atomic E-state index is 0.177. The number of ether oxygens (including phenoxy) is 2. The molecule has 5 heteroatoms. The van der Waals surface area contributed by atoms with E-state index in [1.807, 2.05) is 30.1 Å². The van der Waals surface area contributed by atoms with E-state index in [4.69, 9.17) is 19.0 Å². The van der Waals surface area contributed by atoms with Crippen LogP contribution in [0.15, 0.2) is 28.9 Å². The molecule has 0 unspecified atom stereocenters. The monoisotopic (exact) mass is 293 g/mol. The van der Waals surface area contributed by atoms with Crippen molar-refractivity contribution in [1.82, 2.24) is 4.90 Å². The molecule has 1 heterocycles. The lowest BCUT2D eigenvalue weighted by molar-refractivity contribution is 0.107. The fourth-order valence-corrected chi connectivity index (χ4v) is 2.20. The summed E-state index contributed by atoms with van der Waals surface area (Å²) in [5.74, 6) is 0.866. The lowest BCUT2D eigenvalue weighted by Crippen LogP contribution is -2.26. The molecule has 0 spiro atoms. The molecule has 1 N–H and O–H groups in total. The van der Waals surface area contributed by atoms with Crippen LogP contribution < -0.4 is 4.74 Å². The van der Waals surface area contributed by atoms with Crippen molar-refractivity contribution in [2.24, 2.45) is 0 Å². The van der Waals surface area contributed by atoms with Crippen molar-refractivity contribution in [3.05, 3.63) is 30.0 Å². The van der Waals surface area contributed by atoms with Gasteiger partial charge in [0.2, 0.25) is 0 Å². The van der Waals surface area contributed by atoms with Crippen molar-refractivity contribution < 1.29 is 19.0 Å². The van der Waals surface area contributed by atoms with Gasteiger partial charge in [-0.1, -0.05) is 0 Å². The number of benzene rings is 1. The van der Waals surface area contributed by atoms with Gasteiger partial charge in [-0.05, 0) is 31.7 Å². The fraction of sp³-hybridized carbons (Fsp3) is 0.500. The largest absolute Gasteiger partial charge is 0.496 e. The molecular formula is C16H23NO4. The maximum absolute atomic E-state index is 8.81. The van der Waals surface area contributed by atoms with E-state index in [1.54, 1.807) is 13.4 Å². The molecule has 21 heavy (non-hydrogen) atoms. The number of methoxy groups -OCH3 is 1. The molecule has 2 rings (SSSR count). The summed E-state index contributed by atoms with van der Waals surface area (Å²) in [6.45, 7) is 2.95. The highest BCUT2D eigenvalue weighted by molar-refractivity contribution is 5.80. The van der Waals surface area contributed by atoms with E-state index in [0.717, 1.165) is 35.2 Å². The summed E-state index contributed by atoms with van der Waals surface area (Å²) < 4.78 is 16.5. The van der Waals surface area contributed by atoms with E-state index < -0.39 is 0 Å². The third-order valence-electron chi connectivity index (χ3n) is 3.47. The molecule has 0 atom stereocenters. The van der Waals surface area contributed by atoms with Crippen LogP contribution in [0.3, 0.4) is 0 Å². The maximum Gasteiger partial charge on any atom is 0.134 e. The molecule has 5 nitrogen and oxygen atoms in total. The van der Waals surface area contributed by atoms with Gasteiger partial charge in [-0.15, -0.1) is 0 Å². The molecule has 0 amide bonds. The highest BCUT2D eigenvalue weighted by Crippen LogP contribution is 2.27. The number of furan rings is 1. The molecule has 0 saturated carbocycles. The highest BCUT2D eigenvalue weighted by Gasteiger charge is 2.07. The van der Waals surface area contributed by atoms with Gasteiger partial charge in [0, 0.05) is 24.0 Å². The molecule has 0 bridgehead atoms. The summed E-state index contributed by atoms with van der Waals surface area (Å²) in [6, 6.07) is 5.92. The molecule has 0 saturated heterocycles. The first-order valence-electron chi connectivity index (χ1n) is 7.16. The molecule has 0 aliphatic heterocycles. The quantitative estimate of drug-likeness (QED) is 0.716. The second-order valence-electron chi connectivity index (χ2n) is 5.01. The van der Waals surface area contributed by atoms with Crippen molar-refractivity contribution in [2.45, 2.75) is 6.42 Å². The molecule has 1 aromatic heterocycles. The first-order valence-corrected chi connectivity index (χ1v) is 7.16. The lowest BCUT2D eigenvalue weighted by Gasteiger charge is -2.15. The molecule has 0 aliphatic carbocycles. The van der Waals surface area contributed by atoms with Gasteiger partial charge >= 0.3 is 0 Å². The zero-order valence-electron chi connectivity index (χ0n) is 12.7. The second kappa shape index (κ2) is 8.02. The van der Waals surface area contributed by atoms with Crippen LogP contribution >= 0.6 is 0 Å². The minimum atomic E-state index is 0.177. The number of hydrogen-bond donors (Lipinski definition) is 1. The molecule has 1 aromatic carbocycles. The SMILES string of the molecule is COc1cc2ccoc2cc1CCOCCN(C)CCO. The van der Waals surface area contributed by atoms with Gasteiger partial charge in [0.05, 0.1) is 33.2 Å². The Labute approximate surface area is 125 Å². The average molecular weight is 293 g/mol. The Hall–Kier alpha value is -1.56. The Bertz CT molecular complexity index is 552. The van der Waals surface area contributed by atoms with Crippen LogP contribution in [0.4, 0.5) is 0 Å². The molecule has 2 aromatic rings. The number of hydrogen-bond acceptors (Lipinski definition) is 5. The maximum atomic E-state index is 8.81. The number of aliphatic hydroxyl groups excluding tert-OH is 1. The van der Waals surface area contributed by atoms with Crippen LogP contribution in [-0.4, -0.2) is 57.1 Å². The van der Waals surface area contributed by atoms with Crippen molar-refractivity contribution in [2.75, 3.05) is 47.1 Å². The average Bonchev–Trinajstić information content (AvgIpc) is 2.93. The molecule has 0 aliphatic rings. The highest BCUT2D eigenvalue weighted by atomic mass is 16.5. The Morgan fingerprint density at radius 3 is 2.86 bits per heavy atom. The first-order chi connectivity index (χ1) is 10.2. The van der Waals surface area contributed by atoms with Crippen LogP contribution in [0.1, 0.15) is 5.56 Å². The number of aliphatic hydroxyl groups is 1. The van der Waals surface area contributed by atoms with E-state index >= 15 is 0 Å². The predicted octanol–water partition coefficient (Wildman–Crippen LogP) is 1.92. The lowest BCUT2D eigenvalue weighted by atomic mass is 10.1. The van der Waals surface area contributed by atoms with Crippen LogP contribution in [0.25, 0.3) is 11.0 Å². The van der Waals surface area contributed by atoms with Crippen molar-refractivity contribution in [3.8, 4) is 5.75 Å².